The topological polar surface area (TPSA) is 99.6 Å². The molecule has 34 heavy (non-hydrogen) atoms. The van der Waals surface area contributed by atoms with Gasteiger partial charge in [0.2, 0.25) is 0 Å². The van der Waals surface area contributed by atoms with Crippen LogP contribution in [-0.4, -0.2) is 82.6 Å². The second-order valence-electron chi connectivity index (χ2n) is 9.61. The van der Waals surface area contributed by atoms with Gasteiger partial charge in [-0.05, 0) is 50.8 Å². The van der Waals surface area contributed by atoms with E-state index < -0.39 is 6.10 Å². The van der Waals surface area contributed by atoms with Crippen molar-refractivity contribution < 1.29 is 29.0 Å². The second kappa shape index (κ2) is 8.70. The molecule has 2 atom stereocenters. The fourth-order valence-corrected chi connectivity index (χ4v) is 5.64. The van der Waals surface area contributed by atoms with E-state index in [2.05, 4.69) is 4.90 Å². The summed E-state index contributed by atoms with van der Waals surface area (Å²) in [5, 5.41) is 11.2. The van der Waals surface area contributed by atoms with E-state index in [0.717, 1.165) is 42.6 Å². The highest BCUT2D eigenvalue weighted by molar-refractivity contribution is 5.94. The molecule has 0 aliphatic carbocycles. The molecule has 4 heterocycles. The molecule has 0 bridgehead atoms. The largest absolute Gasteiger partial charge is 0.457 e. The summed E-state index contributed by atoms with van der Waals surface area (Å²) >= 11 is 0. The van der Waals surface area contributed by atoms with Crippen LogP contribution in [0.2, 0.25) is 0 Å². The summed E-state index contributed by atoms with van der Waals surface area (Å²) in [7, 11) is 0. The van der Waals surface area contributed by atoms with Crippen molar-refractivity contribution in [2.75, 3.05) is 32.8 Å². The van der Waals surface area contributed by atoms with E-state index in [1.54, 1.807) is 17.9 Å². The number of nitrogens with zero attached hydrogens (tertiary/aromatic N) is 3. The molecule has 0 saturated carbocycles. The van der Waals surface area contributed by atoms with E-state index >= 15 is 0 Å². The number of hydrogen-bond acceptors (Lipinski definition) is 7. The van der Waals surface area contributed by atoms with Crippen LogP contribution in [0.4, 0.5) is 4.79 Å². The Labute approximate surface area is 198 Å². The van der Waals surface area contributed by atoms with Crippen molar-refractivity contribution in [3.05, 3.63) is 45.7 Å². The SMILES string of the molecule is CC1=C(N2CCN(C3CCN([C@@H](C)[C@H](O)c4ccc5c(c4C)COC5=O)CC3)C2=O)COC1=O. The highest BCUT2D eigenvalue weighted by Gasteiger charge is 2.40. The molecule has 0 aromatic heterocycles. The first kappa shape index (κ1) is 22.9. The lowest BCUT2D eigenvalue weighted by molar-refractivity contribution is -0.136. The average Bonchev–Trinajstić information content (AvgIpc) is 3.51. The molecule has 4 aliphatic heterocycles. The monoisotopic (exact) mass is 469 g/mol. The Morgan fingerprint density at radius 3 is 2.35 bits per heavy atom. The van der Waals surface area contributed by atoms with Gasteiger partial charge in [0.05, 0.1) is 22.9 Å². The van der Waals surface area contributed by atoms with Gasteiger partial charge in [-0.3, -0.25) is 9.80 Å². The van der Waals surface area contributed by atoms with Crippen LogP contribution >= 0.6 is 0 Å². The smallest absolute Gasteiger partial charge is 0.338 e. The van der Waals surface area contributed by atoms with E-state index in [9.17, 15) is 19.5 Å². The highest BCUT2D eigenvalue weighted by Crippen LogP contribution is 2.33. The molecule has 9 heteroatoms. The molecule has 4 aliphatic rings. The van der Waals surface area contributed by atoms with Crippen molar-refractivity contribution in [3.8, 4) is 0 Å². The first-order valence-corrected chi connectivity index (χ1v) is 11.9. The number of fused-ring (bicyclic) bond motifs is 1. The van der Waals surface area contributed by atoms with Gasteiger partial charge >= 0.3 is 18.0 Å². The Morgan fingerprint density at radius 1 is 0.971 bits per heavy atom. The average molecular weight is 470 g/mol. The molecular weight excluding hydrogens is 438 g/mol. The zero-order valence-electron chi connectivity index (χ0n) is 19.9. The molecule has 1 N–H and O–H groups in total. The van der Waals surface area contributed by atoms with E-state index in [1.165, 1.54) is 0 Å². The third-order valence-corrected chi connectivity index (χ3v) is 7.95. The maximum Gasteiger partial charge on any atom is 0.338 e. The van der Waals surface area contributed by atoms with Gasteiger partial charge in [-0.25, -0.2) is 14.4 Å². The number of aliphatic hydroxyl groups is 1. The van der Waals surface area contributed by atoms with Crippen molar-refractivity contribution in [3.63, 3.8) is 0 Å². The zero-order valence-corrected chi connectivity index (χ0v) is 19.9. The number of ether oxygens (including phenoxy) is 2. The third-order valence-electron chi connectivity index (χ3n) is 7.95. The minimum Gasteiger partial charge on any atom is -0.457 e. The number of aliphatic hydroxyl groups excluding tert-OH is 1. The second-order valence-corrected chi connectivity index (χ2v) is 9.61. The van der Waals surface area contributed by atoms with Crippen LogP contribution in [0.3, 0.4) is 0 Å². The van der Waals surface area contributed by atoms with Gasteiger partial charge in [0.25, 0.3) is 0 Å². The Balaban J connectivity index is 1.21. The van der Waals surface area contributed by atoms with Gasteiger partial charge < -0.3 is 19.5 Å². The lowest BCUT2D eigenvalue weighted by Gasteiger charge is -2.40. The van der Waals surface area contributed by atoms with Gasteiger partial charge in [-0.15, -0.1) is 0 Å². The van der Waals surface area contributed by atoms with Crippen LogP contribution in [0, 0.1) is 6.92 Å². The fraction of sp³-hybridized carbons (Fsp3) is 0.560. The standard InChI is InChI=1S/C25H31N3O6/c1-14-18(4-5-19-20(14)12-33-24(19)31)22(29)16(3)26-8-6-17(7-9-26)27-10-11-28(25(27)32)21-13-34-23(30)15(21)2/h4-5,16-17,22,29H,6-13H2,1-3H3/t16-,22-/m0/s1. The molecular formula is C25H31N3O6. The maximum absolute atomic E-state index is 13.1. The number of rotatable bonds is 5. The number of amides is 2. The highest BCUT2D eigenvalue weighted by atomic mass is 16.5. The molecule has 0 spiro atoms. The van der Waals surface area contributed by atoms with Crippen LogP contribution in [0.25, 0.3) is 0 Å². The van der Waals surface area contributed by atoms with Crippen LogP contribution in [-0.2, 0) is 20.9 Å². The Kier molecular flexibility index (Phi) is 5.85. The molecule has 5 rings (SSSR count). The number of urea groups is 1. The lowest BCUT2D eigenvalue weighted by atomic mass is 9.91. The summed E-state index contributed by atoms with van der Waals surface area (Å²) < 4.78 is 10.2. The number of likely N-dealkylation sites (tertiary alicyclic amines) is 1. The molecule has 2 saturated heterocycles. The summed E-state index contributed by atoms with van der Waals surface area (Å²) in [5.41, 5.74) is 4.40. The summed E-state index contributed by atoms with van der Waals surface area (Å²) in [6.45, 7) is 8.86. The number of hydrogen-bond donors (Lipinski definition) is 1. The minimum absolute atomic E-state index is 0.0512. The molecule has 0 unspecified atom stereocenters. The van der Waals surface area contributed by atoms with Gasteiger partial charge in [0, 0.05) is 43.8 Å². The van der Waals surface area contributed by atoms with Crippen LogP contribution in [0.1, 0.15) is 59.8 Å². The van der Waals surface area contributed by atoms with Crippen molar-refractivity contribution in [1.29, 1.82) is 0 Å². The summed E-state index contributed by atoms with van der Waals surface area (Å²) in [6.07, 6.45) is 0.974. The quantitative estimate of drug-likeness (QED) is 0.660. The fourth-order valence-electron chi connectivity index (χ4n) is 5.64. The lowest BCUT2D eigenvalue weighted by Crippen LogP contribution is -2.49. The summed E-state index contributed by atoms with van der Waals surface area (Å²) in [6, 6.07) is 3.57. The third kappa shape index (κ3) is 3.67. The first-order chi connectivity index (χ1) is 16.3. The van der Waals surface area contributed by atoms with Crippen molar-refractivity contribution in [2.45, 2.75) is 58.4 Å². The Bertz CT molecular complexity index is 1070. The van der Waals surface area contributed by atoms with Crippen molar-refractivity contribution in [2.24, 2.45) is 0 Å². The number of esters is 2. The van der Waals surface area contributed by atoms with Crippen molar-refractivity contribution >= 4 is 18.0 Å². The van der Waals surface area contributed by atoms with Gasteiger partial charge in [0.1, 0.15) is 13.2 Å². The van der Waals surface area contributed by atoms with Crippen LogP contribution in [0.15, 0.2) is 23.4 Å². The van der Waals surface area contributed by atoms with Crippen molar-refractivity contribution in [1.82, 2.24) is 14.7 Å². The minimum atomic E-state index is -0.684. The number of benzene rings is 1. The predicted molar refractivity (Wildman–Crippen MR) is 122 cm³/mol. The maximum atomic E-state index is 13.1. The number of piperidine rings is 1. The van der Waals surface area contributed by atoms with E-state index in [-0.39, 0.29) is 43.3 Å². The van der Waals surface area contributed by atoms with E-state index in [4.69, 9.17) is 9.47 Å². The molecule has 182 valence electrons. The summed E-state index contributed by atoms with van der Waals surface area (Å²) in [5.74, 6) is -0.650. The Hall–Kier alpha value is -2.91. The Morgan fingerprint density at radius 2 is 1.68 bits per heavy atom. The normalized spacial score (nSPS) is 23.5. The van der Waals surface area contributed by atoms with Gasteiger partial charge in [-0.2, -0.15) is 0 Å². The molecule has 2 fully saturated rings. The first-order valence-electron chi connectivity index (χ1n) is 11.9. The molecule has 0 radical (unpaired) electrons. The predicted octanol–water partition coefficient (Wildman–Crippen LogP) is 2.12. The van der Waals surface area contributed by atoms with Gasteiger partial charge in [0.15, 0.2) is 0 Å². The molecule has 9 nitrogen and oxygen atoms in total. The molecule has 1 aromatic rings. The molecule has 1 aromatic carbocycles. The van der Waals surface area contributed by atoms with Crippen LogP contribution < -0.4 is 0 Å². The number of carbonyl (C=O) groups is 3. The van der Waals surface area contributed by atoms with E-state index in [1.807, 2.05) is 24.8 Å². The zero-order chi connectivity index (χ0) is 24.1. The van der Waals surface area contributed by atoms with Crippen LogP contribution in [0.5, 0.6) is 0 Å². The number of cyclic esters (lactones) is 2. The van der Waals surface area contributed by atoms with E-state index in [0.29, 0.717) is 29.9 Å². The van der Waals surface area contributed by atoms with Gasteiger partial charge in [-0.1, -0.05) is 6.07 Å². The molecule has 2 amide bonds. The summed E-state index contributed by atoms with van der Waals surface area (Å²) in [4.78, 5) is 42.5. The number of carbonyl (C=O) groups excluding carboxylic acids is 3.